The monoisotopic (exact) mass is 437 g/mol. The highest BCUT2D eigenvalue weighted by Gasteiger charge is 2.29. The zero-order chi connectivity index (χ0) is 22.7. The van der Waals surface area contributed by atoms with Crippen LogP contribution in [0.1, 0.15) is 34.6 Å². The van der Waals surface area contributed by atoms with E-state index in [0.29, 0.717) is 5.56 Å². The Morgan fingerprint density at radius 2 is 1.47 bits per heavy atom. The molecule has 0 fully saturated rings. The molecule has 0 spiro atoms. The first-order chi connectivity index (χ1) is 15.4. The highest BCUT2D eigenvalue weighted by molar-refractivity contribution is 5.81. The van der Waals surface area contributed by atoms with Crippen LogP contribution in [0, 0.1) is 0 Å². The quantitative estimate of drug-likeness (QED) is 0.536. The van der Waals surface area contributed by atoms with Gasteiger partial charge in [-0.15, -0.1) is 0 Å². The number of ether oxygens (including phenoxy) is 1. The van der Waals surface area contributed by atoms with Crippen molar-refractivity contribution in [2.45, 2.75) is 24.8 Å². The molecule has 1 amide bonds. The molecule has 5 nitrogen and oxygen atoms in total. The van der Waals surface area contributed by atoms with Crippen LogP contribution in [0.2, 0.25) is 0 Å². The first kappa shape index (κ1) is 21.5. The Balaban J connectivity index is 1.41. The van der Waals surface area contributed by atoms with Crippen molar-refractivity contribution < 1.29 is 28.2 Å². The van der Waals surface area contributed by atoms with E-state index in [1.54, 1.807) is 0 Å². The Morgan fingerprint density at radius 3 is 2.00 bits per heavy atom. The number of hydrogen-bond donors (Lipinski definition) is 2. The van der Waals surface area contributed by atoms with Crippen LogP contribution >= 0.6 is 0 Å². The zero-order valence-electron chi connectivity index (χ0n) is 17.0. The minimum atomic E-state index is -2.60. The average Bonchev–Trinajstić information content (AvgIpc) is 3.11. The molecule has 4 rings (SSSR count). The summed E-state index contributed by atoms with van der Waals surface area (Å²) < 4.78 is 30.8. The Hall–Kier alpha value is -3.74. The van der Waals surface area contributed by atoms with E-state index >= 15 is 0 Å². The Bertz CT molecular complexity index is 1090. The van der Waals surface area contributed by atoms with E-state index in [0.717, 1.165) is 22.3 Å². The van der Waals surface area contributed by atoms with Crippen LogP contribution in [0.4, 0.5) is 13.6 Å². The van der Waals surface area contributed by atoms with Gasteiger partial charge in [-0.2, -0.15) is 0 Å². The number of hydrogen-bond acceptors (Lipinski definition) is 3. The van der Waals surface area contributed by atoms with Gasteiger partial charge in [0.1, 0.15) is 12.6 Å². The van der Waals surface area contributed by atoms with Crippen LogP contribution in [-0.2, 0) is 16.0 Å². The van der Waals surface area contributed by atoms with E-state index in [-0.39, 0.29) is 24.5 Å². The molecule has 164 valence electrons. The van der Waals surface area contributed by atoms with Crippen molar-refractivity contribution in [3.05, 3.63) is 95.1 Å². The molecule has 3 aromatic rings. The van der Waals surface area contributed by atoms with Crippen LogP contribution in [-0.4, -0.2) is 29.8 Å². The molecule has 3 aromatic carbocycles. The van der Waals surface area contributed by atoms with Crippen molar-refractivity contribution in [3.8, 4) is 11.1 Å². The van der Waals surface area contributed by atoms with E-state index in [1.807, 2.05) is 48.5 Å². The minimum Gasteiger partial charge on any atom is -0.480 e. The number of halogens is 2. The molecule has 0 heterocycles. The number of rotatable bonds is 7. The number of nitrogens with one attached hydrogen (secondary N) is 1. The van der Waals surface area contributed by atoms with Gasteiger partial charge in [-0.3, -0.25) is 0 Å². The molecule has 1 aliphatic carbocycles. The summed E-state index contributed by atoms with van der Waals surface area (Å²) in [7, 11) is 0. The number of carbonyl (C=O) groups excluding carboxylic acids is 1. The van der Waals surface area contributed by atoms with Gasteiger partial charge in [0.05, 0.1) is 0 Å². The number of alkyl halides is 2. The van der Waals surface area contributed by atoms with Crippen LogP contribution in [0.15, 0.2) is 72.8 Å². The van der Waals surface area contributed by atoms with Crippen molar-refractivity contribution in [1.29, 1.82) is 0 Å². The second kappa shape index (κ2) is 9.18. The fourth-order valence-corrected chi connectivity index (χ4v) is 4.02. The third-order valence-electron chi connectivity index (χ3n) is 5.61. The second-order valence-electron chi connectivity index (χ2n) is 7.61. The number of carboxylic acids is 1. The Morgan fingerprint density at radius 1 is 0.906 bits per heavy atom. The van der Waals surface area contributed by atoms with Crippen molar-refractivity contribution in [2.24, 2.45) is 0 Å². The van der Waals surface area contributed by atoms with Gasteiger partial charge in [-0.25, -0.2) is 18.4 Å². The minimum absolute atomic E-state index is 0.0525. The third-order valence-corrected chi connectivity index (χ3v) is 5.61. The standard InChI is InChI=1S/C25H21F2NO4/c26-23(27)16-11-9-15(10-12-16)13-22(24(29)30)28-25(31)32-14-21-19-7-3-1-5-17(19)18-6-2-4-8-20(18)21/h1-12,21-23H,13-14H2,(H,28,31)(H,29,30). The Labute approximate surface area is 183 Å². The third kappa shape index (κ3) is 4.46. The maximum absolute atomic E-state index is 12.7. The largest absolute Gasteiger partial charge is 0.480 e. The first-order valence-corrected chi connectivity index (χ1v) is 10.2. The molecule has 0 saturated heterocycles. The lowest BCUT2D eigenvalue weighted by Crippen LogP contribution is -2.42. The van der Waals surface area contributed by atoms with Crippen molar-refractivity contribution in [1.82, 2.24) is 5.32 Å². The molecule has 1 aliphatic rings. The molecule has 0 saturated carbocycles. The molecule has 1 atom stereocenters. The fraction of sp³-hybridized carbons (Fsp3) is 0.200. The molecular weight excluding hydrogens is 416 g/mol. The van der Waals surface area contributed by atoms with Gasteiger partial charge < -0.3 is 15.2 Å². The lowest BCUT2D eigenvalue weighted by Gasteiger charge is -2.17. The second-order valence-corrected chi connectivity index (χ2v) is 7.61. The molecule has 2 N–H and O–H groups in total. The number of benzene rings is 3. The Kier molecular flexibility index (Phi) is 6.16. The van der Waals surface area contributed by atoms with E-state index in [1.165, 1.54) is 24.3 Å². The first-order valence-electron chi connectivity index (χ1n) is 10.2. The van der Waals surface area contributed by atoms with Crippen LogP contribution in [0.25, 0.3) is 11.1 Å². The SMILES string of the molecule is O=C(NC(Cc1ccc(C(F)F)cc1)C(=O)O)OCC1c2ccccc2-c2ccccc21. The normalized spacial score (nSPS) is 13.3. The van der Waals surface area contributed by atoms with Gasteiger partial charge in [-0.1, -0.05) is 72.8 Å². The average molecular weight is 437 g/mol. The molecule has 1 unspecified atom stereocenters. The highest BCUT2D eigenvalue weighted by Crippen LogP contribution is 2.44. The zero-order valence-corrected chi connectivity index (χ0v) is 17.0. The van der Waals surface area contributed by atoms with Crippen molar-refractivity contribution in [2.75, 3.05) is 6.61 Å². The topological polar surface area (TPSA) is 75.6 Å². The molecule has 0 bridgehead atoms. The molecule has 7 heteroatoms. The number of carboxylic acid groups (broad SMARTS) is 1. The van der Waals surface area contributed by atoms with Gasteiger partial charge in [0.2, 0.25) is 0 Å². The van der Waals surface area contributed by atoms with E-state index in [9.17, 15) is 23.5 Å². The van der Waals surface area contributed by atoms with Gasteiger partial charge in [-0.05, 0) is 27.8 Å². The molecule has 0 aliphatic heterocycles. The molecule has 0 radical (unpaired) electrons. The summed E-state index contributed by atoms with van der Waals surface area (Å²) >= 11 is 0. The van der Waals surface area contributed by atoms with Crippen molar-refractivity contribution >= 4 is 12.1 Å². The lowest BCUT2D eigenvalue weighted by atomic mass is 9.98. The van der Waals surface area contributed by atoms with Gasteiger partial charge >= 0.3 is 12.1 Å². The number of fused-ring (bicyclic) bond motifs is 3. The molecular formula is C25H21F2NO4. The van der Waals surface area contributed by atoms with E-state index in [4.69, 9.17) is 4.74 Å². The van der Waals surface area contributed by atoms with Gasteiger partial charge in [0, 0.05) is 17.9 Å². The summed E-state index contributed by atoms with van der Waals surface area (Å²) in [5, 5.41) is 11.8. The number of carbonyl (C=O) groups is 2. The summed E-state index contributed by atoms with van der Waals surface area (Å²) in [5.41, 5.74) is 4.65. The lowest BCUT2D eigenvalue weighted by molar-refractivity contribution is -0.139. The number of aliphatic carboxylic acids is 1. The van der Waals surface area contributed by atoms with Crippen LogP contribution in [0.5, 0.6) is 0 Å². The summed E-state index contributed by atoms with van der Waals surface area (Å²) in [6, 6.07) is 19.9. The fourth-order valence-electron chi connectivity index (χ4n) is 4.02. The molecule has 32 heavy (non-hydrogen) atoms. The maximum atomic E-state index is 12.7. The van der Waals surface area contributed by atoms with Crippen LogP contribution in [0.3, 0.4) is 0 Å². The van der Waals surface area contributed by atoms with E-state index < -0.39 is 24.5 Å². The van der Waals surface area contributed by atoms with Crippen LogP contribution < -0.4 is 5.32 Å². The smallest absolute Gasteiger partial charge is 0.407 e. The summed E-state index contributed by atoms with van der Waals surface area (Å²) in [6.45, 7) is 0.0648. The van der Waals surface area contributed by atoms with E-state index in [2.05, 4.69) is 5.32 Å². The maximum Gasteiger partial charge on any atom is 0.407 e. The van der Waals surface area contributed by atoms with Gasteiger partial charge in [0.25, 0.3) is 6.43 Å². The van der Waals surface area contributed by atoms with Crippen molar-refractivity contribution in [3.63, 3.8) is 0 Å². The number of alkyl carbamates (subject to hydrolysis) is 1. The summed E-state index contributed by atoms with van der Waals surface area (Å²) in [4.78, 5) is 24.0. The highest BCUT2D eigenvalue weighted by atomic mass is 19.3. The summed E-state index contributed by atoms with van der Waals surface area (Å²) in [5.74, 6) is -1.38. The summed E-state index contributed by atoms with van der Waals surface area (Å²) in [6.07, 6.45) is -3.50. The predicted molar refractivity (Wildman–Crippen MR) is 115 cm³/mol. The molecule has 0 aromatic heterocycles. The predicted octanol–water partition coefficient (Wildman–Crippen LogP) is 5.16. The van der Waals surface area contributed by atoms with Gasteiger partial charge in [0.15, 0.2) is 0 Å². The number of amides is 1.